The van der Waals surface area contributed by atoms with Crippen molar-refractivity contribution in [2.24, 2.45) is 13.0 Å². The molecule has 1 fully saturated rings. The minimum absolute atomic E-state index is 0.0413. The van der Waals surface area contributed by atoms with Crippen molar-refractivity contribution >= 4 is 61.2 Å². The normalized spacial score (nSPS) is 15.7. The van der Waals surface area contributed by atoms with Crippen LogP contribution in [0.1, 0.15) is 24.6 Å². The van der Waals surface area contributed by atoms with Crippen LogP contribution in [0, 0.1) is 5.92 Å². The number of aliphatic hydroxyl groups is 2. The molecule has 1 amide bonds. The largest absolute Gasteiger partial charge is 0.396 e. The van der Waals surface area contributed by atoms with Crippen molar-refractivity contribution in [2.75, 3.05) is 31.6 Å². The van der Waals surface area contributed by atoms with Crippen molar-refractivity contribution in [3.8, 4) is 0 Å². The van der Waals surface area contributed by atoms with Gasteiger partial charge in [-0.3, -0.25) is 10.1 Å². The average Bonchev–Trinajstić information content (AvgIpc) is 3.41. The van der Waals surface area contributed by atoms with E-state index in [9.17, 15) is 15.0 Å². The van der Waals surface area contributed by atoms with Crippen LogP contribution in [-0.4, -0.2) is 61.8 Å². The number of carbonyl (C=O) groups is 1. The SMILES string of the molecule is Cn1c(Nc2nc3ccc(Cl)cc3s2)nc2cc(C(O)NCC(=O)N3CCC(CO)CC3)ccc21. The molecule has 1 aliphatic heterocycles. The van der Waals surface area contributed by atoms with Gasteiger partial charge in [-0.1, -0.05) is 29.0 Å². The number of aliphatic hydroxyl groups excluding tert-OH is 2. The first kappa shape index (κ1) is 24.0. The van der Waals surface area contributed by atoms with E-state index in [0.717, 1.165) is 34.1 Å². The highest BCUT2D eigenvalue weighted by atomic mass is 35.5. The number of anilines is 2. The second-order valence-corrected chi connectivity index (χ2v) is 10.3. The van der Waals surface area contributed by atoms with Gasteiger partial charge >= 0.3 is 0 Å². The van der Waals surface area contributed by atoms with E-state index >= 15 is 0 Å². The van der Waals surface area contributed by atoms with E-state index in [-0.39, 0.29) is 25.0 Å². The second-order valence-electron chi connectivity index (χ2n) is 8.79. The number of imidazole rings is 1. The maximum atomic E-state index is 12.5. The lowest BCUT2D eigenvalue weighted by molar-refractivity contribution is -0.132. The van der Waals surface area contributed by atoms with Gasteiger partial charge in [0, 0.05) is 31.8 Å². The Morgan fingerprint density at radius 3 is 2.77 bits per heavy atom. The van der Waals surface area contributed by atoms with E-state index in [4.69, 9.17) is 11.6 Å². The Bertz CT molecular complexity index is 1360. The fourth-order valence-electron chi connectivity index (χ4n) is 4.32. The monoisotopic (exact) mass is 514 g/mol. The first-order valence-electron chi connectivity index (χ1n) is 11.5. The van der Waals surface area contributed by atoms with Gasteiger partial charge in [-0.05, 0) is 54.7 Å². The van der Waals surface area contributed by atoms with Gasteiger partial charge in [-0.15, -0.1) is 0 Å². The highest BCUT2D eigenvalue weighted by Crippen LogP contribution is 2.31. The fraction of sp³-hybridized carbons (Fsp3) is 0.375. The zero-order valence-electron chi connectivity index (χ0n) is 19.2. The number of aryl methyl sites for hydroxylation is 1. The molecule has 4 aromatic rings. The molecule has 1 saturated heterocycles. The summed E-state index contributed by atoms with van der Waals surface area (Å²) in [5.74, 6) is 0.851. The summed E-state index contributed by atoms with van der Waals surface area (Å²) >= 11 is 7.58. The van der Waals surface area contributed by atoms with Gasteiger partial charge < -0.3 is 25.0 Å². The third kappa shape index (κ3) is 5.12. The van der Waals surface area contributed by atoms with Gasteiger partial charge in [0.25, 0.3) is 0 Å². The smallest absolute Gasteiger partial charge is 0.236 e. The summed E-state index contributed by atoms with van der Waals surface area (Å²) in [6.45, 7) is 1.49. The molecule has 3 heterocycles. The third-order valence-corrected chi connectivity index (χ3v) is 7.63. The van der Waals surface area contributed by atoms with Crippen molar-refractivity contribution in [1.29, 1.82) is 0 Å². The number of likely N-dealkylation sites (tertiary alicyclic amines) is 1. The lowest BCUT2D eigenvalue weighted by atomic mass is 9.98. The second kappa shape index (κ2) is 10.1. The Morgan fingerprint density at radius 2 is 2.00 bits per heavy atom. The zero-order chi connectivity index (χ0) is 24.5. The summed E-state index contributed by atoms with van der Waals surface area (Å²) in [7, 11) is 1.91. The molecule has 0 saturated carbocycles. The third-order valence-electron chi connectivity index (χ3n) is 6.46. The van der Waals surface area contributed by atoms with Crippen LogP contribution in [0.3, 0.4) is 0 Å². The lowest BCUT2D eigenvalue weighted by Gasteiger charge is -2.31. The van der Waals surface area contributed by atoms with Crippen LogP contribution in [0.4, 0.5) is 11.1 Å². The van der Waals surface area contributed by atoms with Gasteiger partial charge in [-0.2, -0.15) is 0 Å². The summed E-state index contributed by atoms with van der Waals surface area (Å²) in [4.78, 5) is 23.6. The first-order chi connectivity index (χ1) is 16.9. The van der Waals surface area contributed by atoms with Crippen molar-refractivity contribution < 1.29 is 15.0 Å². The molecule has 184 valence electrons. The molecule has 4 N–H and O–H groups in total. The molecule has 1 aliphatic rings. The number of hydrogen-bond donors (Lipinski definition) is 4. The average molecular weight is 515 g/mol. The number of hydrogen-bond acceptors (Lipinski definition) is 8. The molecule has 2 aromatic carbocycles. The molecule has 11 heteroatoms. The molecule has 2 aromatic heterocycles. The van der Waals surface area contributed by atoms with Gasteiger partial charge in [0.2, 0.25) is 11.9 Å². The molecule has 35 heavy (non-hydrogen) atoms. The number of aromatic nitrogens is 3. The van der Waals surface area contributed by atoms with Crippen LogP contribution in [0.25, 0.3) is 21.3 Å². The zero-order valence-corrected chi connectivity index (χ0v) is 20.8. The number of thiazole rings is 1. The summed E-state index contributed by atoms with van der Waals surface area (Å²) in [6, 6.07) is 11.1. The molecule has 1 atom stereocenters. The van der Waals surface area contributed by atoms with Crippen molar-refractivity contribution in [3.63, 3.8) is 0 Å². The predicted molar refractivity (Wildman–Crippen MR) is 138 cm³/mol. The number of halogens is 1. The number of fused-ring (bicyclic) bond motifs is 2. The number of benzene rings is 2. The Labute approximate surface area is 211 Å². The predicted octanol–water partition coefficient (Wildman–Crippen LogP) is 3.39. The van der Waals surface area contributed by atoms with Crippen LogP contribution in [0.15, 0.2) is 36.4 Å². The minimum atomic E-state index is -0.995. The Balaban J connectivity index is 1.25. The Kier molecular flexibility index (Phi) is 6.90. The molecule has 0 spiro atoms. The number of nitrogens with zero attached hydrogens (tertiary/aromatic N) is 4. The molecule has 0 aliphatic carbocycles. The fourth-order valence-corrected chi connectivity index (χ4v) is 5.46. The van der Waals surface area contributed by atoms with Crippen LogP contribution in [-0.2, 0) is 11.8 Å². The van der Waals surface area contributed by atoms with Crippen LogP contribution in [0.5, 0.6) is 0 Å². The number of nitrogens with one attached hydrogen (secondary N) is 2. The molecule has 0 radical (unpaired) electrons. The topological polar surface area (TPSA) is 116 Å². The molecular weight excluding hydrogens is 488 g/mol. The molecule has 1 unspecified atom stereocenters. The maximum absolute atomic E-state index is 12.5. The van der Waals surface area contributed by atoms with E-state index in [2.05, 4.69) is 20.6 Å². The van der Waals surface area contributed by atoms with Crippen LogP contribution >= 0.6 is 22.9 Å². The number of carbonyl (C=O) groups excluding carboxylic acids is 1. The highest BCUT2D eigenvalue weighted by molar-refractivity contribution is 7.22. The number of amides is 1. The highest BCUT2D eigenvalue weighted by Gasteiger charge is 2.23. The van der Waals surface area contributed by atoms with Gasteiger partial charge in [0.1, 0.15) is 6.23 Å². The Hall–Kier alpha value is -2.76. The molecule has 5 rings (SSSR count). The van der Waals surface area contributed by atoms with Gasteiger partial charge in [-0.25, -0.2) is 9.97 Å². The maximum Gasteiger partial charge on any atom is 0.236 e. The summed E-state index contributed by atoms with van der Waals surface area (Å²) in [5.41, 5.74) is 3.11. The molecule has 0 bridgehead atoms. The van der Waals surface area contributed by atoms with Crippen molar-refractivity contribution in [3.05, 3.63) is 47.0 Å². The molecular formula is C24H27ClN6O3S. The quantitative estimate of drug-likeness (QED) is 0.279. The van der Waals surface area contributed by atoms with Crippen molar-refractivity contribution in [2.45, 2.75) is 19.1 Å². The summed E-state index contributed by atoms with van der Waals surface area (Å²) < 4.78 is 2.92. The summed E-state index contributed by atoms with van der Waals surface area (Å²) in [6.07, 6.45) is 0.621. The van der Waals surface area contributed by atoms with Crippen LogP contribution in [0.2, 0.25) is 5.02 Å². The summed E-state index contributed by atoms with van der Waals surface area (Å²) in [5, 5.41) is 27.5. The number of rotatable bonds is 7. The Morgan fingerprint density at radius 1 is 1.20 bits per heavy atom. The first-order valence-corrected chi connectivity index (χ1v) is 12.7. The van der Waals surface area contributed by atoms with E-state index in [0.29, 0.717) is 34.8 Å². The van der Waals surface area contributed by atoms with Gasteiger partial charge in [0.15, 0.2) is 5.13 Å². The van der Waals surface area contributed by atoms with E-state index < -0.39 is 6.23 Å². The minimum Gasteiger partial charge on any atom is -0.396 e. The lowest BCUT2D eigenvalue weighted by Crippen LogP contribution is -2.44. The molecule has 9 nitrogen and oxygen atoms in total. The van der Waals surface area contributed by atoms with E-state index in [1.165, 1.54) is 11.3 Å². The standard InChI is InChI=1S/C24H27ClN6O3S/c1-30-19-5-2-15(22(34)26-12-21(33)31-8-6-14(13-32)7-9-31)10-18(19)27-23(30)29-24-28-17-4-3-16(25)11-20(17)35-24/h2-5,10-11,14,22,26,32,34H,6-9,12-13H2,1H3,(H,27,28,29). The van der Waals surface area contributed by atoms with Crippen molar-refractivity contribution in [1.82, 2.24) is 24.8 Å². The number of piperidine rings is 1. The van der Waals surface area contributed by atoms with Crippen LogP contribution < -0.4 is 10.6 Å². The van der Waals surface area contributed by atoms with E-state index in [1.807, 2.05) is 48.0 Å². The van der Waals surface area contributed by atoms with E-state index in [1.54, 1.807) is 4.90 Å². The van der Waals surface area contributed by atoms with Gasteiger partial charge in [0.05, 0.1) is 27.8 Å².